The fraction of sp³-hybridized carbons (Fsp3) is 0.625. The van der Waals surface area contributed by atoms with Crippen molar-refractivity contribution in [1.29, 1.82) is 0 Å². The third-order valence-corrected chi connectivity index (χ3v) is 2.07. The maximum atomic E-state index is 11.2. The topological polar surface area (TPSA) is 59.2 Å². The van der Waals surface area contributed by atoms with Gasteiger partial charge in [0.25, 0.3) is 0 Å². The summed E-state index contributed by atoms with van der Waals surface area (Å²) >= 11 is 0. The Morgan fingerprint density at radius 2 is 2.46 bits per heavy atom. The molecule has 1 aliphatic rings. The molecule has 13 heavy (non-hydrogen) atoms. The SMILES string of the molecule is Cc1nc(CN2CCCC2=O)no1. The van der Waals surface area contributed by atoms with Gasteiger partial charge in [0, 0.05) is 19.9 Å². The lowest BCUT2D eigenvalue weighted by molar-refractivity contribution is -0.128. The first-order chi connectivity index (χ1) is 6.25. The number of hydrogen-bond donors (Lipinski definition) is 0. The molecule has 1 aliphatic heterocycles. The summed E-state index contributed by atoms with van der Waals surface area (Å²) in [5.41, 5.74) is 0. The first-order valence-electron chi connectivity index (χ1n) is 4.32. The molecule has 0 N–H and O–H groups in total. The molecule has 0 saturated carbocycles. The summed E-state index contributed by atoms with van der Waals surface area (Å²) in [7, 11) is 0. The van der Waals surface area contributed by atoms with E-state index in [4.69, 9.17) is 4.52 Å². The fourth-order valence-electron chi connectivity index (χ4n) is 1.45. The number of nitrogens with zero attached hydrogens (tertiary/aromatic N) is 3. The maximum Gasteiger partial charge on any atom is 0.223 e. The van der Waals surface area contributed by atoms with Crippen LogP contribution in [0.2, 0.25) is 0 Å². The summed E-state index contributed by atoms with van der Waals surface area (Å²) in [6.07, 6.45) is 1.59. The van der Waals surface area contributed by atoms with Crippen LogP contribution in [0.1, 0.15) is 24.6 Å². The molecule has 0 radical (unpaired) electrons. The number of carbonyl (C=O) groups is 1. The first kappa shape index (κ1) is 8.22. The van der Waals surface area contributed by atoms with Crippen LogP contribution in [-0.2, 0) is 11.3 Å². The van der Waals surface area contributed by atoms with Gasteiger partial charge in [-0.1, -0.05) is 5.16 Å². The van der Waals surface area contributed by atoms with E-state index in [1.54, 1.807) is 11.8 Å². The molecule has 70 valence electrons. The minimum absolute atomic E-state index is 0.183. The molecular weight excluding hydrogens is 170 g/mol. The highest BCUT2D eigenvalue weighted by atomic mass is 16.5. The third-order valence-electron chi connectivity index (χ3n) is 2.07. The molecule has 0 aromatic carbocycles. The number of hydrogen-bond acceptors (Lipinski definition) is 4. The second-order valence-corrected chi connectivity index (χ2v) is 3.15. The summed E-state index contributed by atoms with van der Waals surface area (Å²) in [5.74, 6) is 1.32. The van der Waals surface area contributed by atoms with Gasteiger partial charge in [0.2, 0.25) is 11.8 Å². The standard InChI is InChI=1S/C8H11N3O2/c1-6-9-7(10-13-6)5-11-4-2-3-8(11)12/h2-5H2,1H3. The molecule has 1 aromatic rings. The van der Waals surface area contributed by atoms with Crippen molar-refractivity contribution in [1.82, 2.24) is 15.0 Å². The van der Waals surface area contributed by atoms with Crippen molar-refractivity contribution in [3.05, 3.63) is 11.7 Å². The van der Waals surface area contributed by atoms with Gasteiger partial charge in [0.05, 0.1) is 6.54 Å². The Morgan fingerprint density at radius 1 is 1.62 bits per heavy atom. The predicted molar refractivity (Wildman–Crippen MR) is 43.7 cm³/mol. The zero-order chi connectivity index (χ0) is 9.26. The van der Waals surface area contributed by atoms with E-state index in [1.165, 1.54) is 0 Å². The van der Waals surface area contributed by atoms with E-state index in [2.05, 4.69) is 10.1 Å². The molecule has 5 heteroatoms. The first-order valence-corrected chi connectivity index (χ1v) is 4.32. The van der Waals surface area contributed by atoms with E-state index in [0.29, 0.717) is 24.7 Å². The van der Waals surface area contributed by atoms with Gasteiger partial charge in [0.15, 0.2) is 5.82 Å². The predicted octanol–water partition coefficient (Wildman–Crippen LogP) is 0.500. The molecule has 0 bridgehead atoms. The largest absolute Gasteiger partial charge is 0.340 e. The highest BCUT2D eigenvalue weighted by Crippen LogP contribution is 2.12. The van der Waals surface area contributed by atoms with E-state index in [9.17, 15) is 4.79 Å². The molecule has 0 aliphatic carbocycles. The van der Waals surface area contributed by atoms with Crippen molar-refractivity contribution >= 4 is 5.91 Å². The molecule has 1 aromatic heterocycles. The maximum absolute atomic E-state index is 11.2. The van der Waals surface area contributed by atoms with Gasteiger partial charge >= 0.3 is 0 Å². The number of aryl methyl sites for hydroxylation is 1. The van der Waals surface area contributed by atoms with Gasteiger partial charge in [-0.25, -0.2) is 0 Å². The summed E-state index contributed by atoms with van der Waals surface area (Å²) < 4.78 is 4.81. The van der Waals surface area contributed by atoms with Crippen molar-refractivity contribution in [3.63, 3.8) is 0 Å². The second-order valence-electron chi connectivity index (χ2n) is 3.15. The molecule has 1 saturated heterocycles. The number of amides is 1. The van der Waals surface area contributed by atoms with Gasteiger partial charge in [-0.3, -0.25) is 4.79 Å². The Hall–Kier alpha value is -1.39. The molecule has 2 heterocycles. The van der Waals surface area contributed by atoms with Crippen molar-refractivity contribution in [2.75, 3.05) is 6.54 Å². The van der Waals surface area contributed by atoms with Crippen molar-refractivity contribution in [3.8, 4) is 0 Å². The van der Waals surface area contributed by atoms with Crippen LogP contribution in [0.15, 0.2) is 4.52 Å². The normalized spacial score (nSPS) is 17.0. The van der Waals surface area contributed by atoms with E-state index >= 15 is 0 Å². The van der Waals surface area contributed by atoms with Gasteiger partial charge in [-0.15, -0.1) is 0 Å². The Bertz CT molecular complexity index is 321. The minimum Gasteiger partial charge on any atom is -0.340 e. The highest BCUT2D eigenvalue weighted by molar-refractivity contribution is 5.77. The Morgan fingerprint density at radius 3 is 3.00 bits per heavy atom. The average Bonchev–Trinajstić information content (AvgIpc) is 2.64. The van der Waals surface area contributed by atoms with E-state index < -0.39 is 0 Å². The molecule has 0 unspecified atom stereocenters. The molecule has 1 fully saturated rings. The smallest absolute Gasteiger partial charge is 0.223 e. The van der Waals surface area contributed by atoms with Gasteiger partial charge < -0.3 is 9.42 Å². The van der Waals surface area contributed by atoms with Gasteiger partial charge in [0.1, 0.15) is 0 Å². The van der Waals surface area contributed by atoms with E-state index in [-0.39, 0.29) is 5.91 Å². The van der Waals surface area contributed by atoms with Crippen LogP contribution in [0, 0.1) is 6.92 Å². The molecule has 2 rings (SSSR count). The lowest BCUT2D eigenvalue weighted by atomic mass is 10.4. The molecule has 0 spiro atoms. The van der Waals surface area contributed by atoms with Crippen LogP contribution in [0.3, 0.4) is 0 Å². The van der Waals surface area contributed by atoms with Crippen LogP contribution in [0.5, 0.6) is 0 Å². The van der Waals surface area contributed by atoms with E-state index in [0.717, 1.165) is 13.0 Å². The van der Waals surface area contributed by atoms with Crippen LogP contribution >= 0.6 is 0 Å². The Balaban J connectivity index is 2.01. The molecular formula is C8H11N3O2. The molecule has 1 amide bonds. The monoisotopic (exact) mass is 181 g/mol. The summed E-state index contributed by atoms with van der Waals surface area (Å²) in [6.45, 7) is 3.03. The van der Waals surface area contributed by atoms with Gasteiger partial charge in [-0.05, 0) is 6.42 Å². The van der Waals surface area contributed by atoms with Crippen molar-refractivity contribution < 1.29 is 9.32 Å². The summed E-state index contributed by atoms with van der Waals surface area (Å²) in [5, 5.41) is 3.73. The molecule has 5 nitrogen and oxygen atoms in total. The Kier molecular flexibility index (Phi) is 2.00. The third kappa shape index (κ3) is 1.68. The van der Waals surface area contributed by atoms with Gasteiger partial charge in [-0.2, -0.15) is 4.98 Å². The zero-order valence-electron chi connectivity index (χ0n) is 7.49. The average molecular weight is 181 g/mol. The van der Waals surface area contributed by atoms with Crippen molar-refractivity contribution in [2.45, 2.75) is 26.3 Å². The number of carbonyl (C=O) groups excluding carboxylic acids is 1. The van der Waals surface area contributed by atoms with Crippen LogP contribution in [-0.4, -0.2) is 27.5 Å². The zero-order valence-corrected chi connectivity index (χ0v) is 7.49. The summed E-state index contributed by atoms with van der Waals surface area (Å²) in [4.78, 5) is 17.0. The quantitative estimate of drug-likeness (QED) is 0.666. The minimum atomic E-state index is 0.183. The van der Waals surface area contributed by atoms with Crippen LogP contribution in [0.4, 0.5) is 0 Å². The lowest BCUT2D eigenvalue weighted by Crippen LogP contribution is -2.24. The highest BCUT2D eigenvalue weighted by Gasteiger charge is 2.21. The van der Waals surface area contributed by atoms with Crippen LogP contribution < -0.4 is 0 Å². The van der Waals surface area contributed by atoms with E-state index in [1.807, 2.05) is 0 Å². The lowest BCUT2D eigenvalue weighted by Gasteiger charge is -2.11. The second kappa shape index (κ2) is 3.16. The van der Waals surface area contributed by atoms with Crippen molar-refractivity contribution in [2.24, 2.45) is 0 Å². The fourth-order valence-corrected chi connectivity index (χ4v) is 1.45. The number of aromatic nitrogens is 2. The molecule has 0 atom stereocenters. The Labute approximate surface area is 75.7 Å². The van der Waals surface area contributed by atoms with Crippen LogP contribution in [0.25, 0.3) is 0 Å². The number of rotatable bonds is 2. The summed E-state index contributed by atoms with van der Waals surface area (Å²) in [6, 6.07) is 0. The number of likely N-dealkylation sites (tertiary alicyclic amines) is 1.